The van der Waals surface area contributed by atoms with Crippen molar-refractivity contribution < 1.29 is 51.8 Å². The van der Waals surface area contributed by atoms with Crippen LogP contribution in [0.15, 0.2) is 152 Å². The summed E-state index contributed by atoms with van der Waals surface area (Å²) >= 11 is 1.84. The van der Waals surface area contributed by atoms with E-state index in [2.05, 4.69) is 360 Å². The molecule has 1 atom stereocenters. The Kier molecular flexibility index (Phi) is 43.0. The first kappa shape index (κ1) is 118. The Labute approximate surface area is 857 Å². The lowest BCUT2D eigenvalue weighted by atomic mass is 9.82. The maximum Gasteiger partial charge on any atom is 0.165 e. The van der Waals surface area contributed by atoms with E-state index in [1.54, 1.807) is 33.5 Å². The predicted molar refractivity (Wildman–Crippen MR) is 590 cm³/mol. The van der Waals surface area contributed by atoms with E-state index in [1.807, 2.05) is 61.7 Å². The van der Waals surface area contributed by atoms with E-state index in [9.17, 15) is 4.39 Å². The van der Waals surface area contributed by atoms with Crippen LogP contribution >= 0.6 is 11.3 Å². The van der Waals surface area contributed by atoms with Crippen LogP contribution in [0.4, 0.5) is 15.8 Å². The molecule has 7 aliphatic rings. The predicted octanol–water partition coefficient (Wildman–Crippen LogP) is 30.5. The maximum atomic E-state index is 13.9. The van der Waals surface area contributed by atoms with Crippen LogP contribution in [0, 0.1) is 5.82 Å². The number of nitrogens with zero attached hydrogens (tertiary/aromatic N) is 7. The molecule has 3 aromatic heterocycles. The summed E-state index contributed by atoms with van der Waals surface area (Å²) < 4.78 is 73.3. The number of hydrogen-bond acceptors (Lipinski definition) is 16. The minimum atomic E-state index is -0.245. The Morgan fingerprint density at radius 3 is 1.38 bits per heavy atom. The second kappa shape index (κ2) is 51.5. The van der Waals surface area contributed by atoms with Gasteiger partial charge in [-0.2, -0.15) is 10.2 Å². The van der Waals surface area contributed by atoms with Gasteiger partial charge in [-0.3, -0.25) is 9.36 Å². The van der Waals surface area contributed by atoms with Crippen molar-refractivity contribution in [3.63, 3.8) is 0 Å². The number of halogens is 1. The molecule has 0 amide bonds. The van der Waals surface area contributed by atoms with Crippen molar-refractivity contribution in [2.24, 2.45) is 0 Å². The van der Waals surface area contributed by atoms with E-state index in [1.165, 1.54) is 96.0 Å². The molecule has 0 radical (unpaired) electrons. The van der Waals surface area contributed by atoms with Crippen LogP contribution in [0.3, 0.4) is 0 Å². The zero-order valence-electron chi connectivity index (χ0n) is 94.5. The van der Waals surface area contributed by atoms with Gasteiger partial charge in [0.2, 0.25) is 0 Å². The fourth-order valence-corrected chi connectivity index (χ4v) is 18.0. The number of benzene rings is 6. The van der Waals surface area contributed by atoms with Crippen LogP contribution < -0.4 is 33.5 Å². The highest BCUT2D eigenvalue weighted by atomic mass is 32.1. The molecule has 4 saturated heterocycles. The fourth-order valence-electron chi connectivity index (χ4n) is 17.0. The molecule has 19 heteroatoms. The Hall–Kier alpha value is -8.56. The first-order chi connectivity index (χ1) is 65.7. The van der Waals surface area contributed by atoms with E-state index >= 15 is 0 Å². The number of thiazole rings is 1. The Morgan fingerprint density at radius 1 is 0.447 bits per heavy atom. The first-order valence-corrected chi connectivity index (χ1v) is 53.0. The monoisotopic (exact) mass is 1960 g/mol. The van der Waals surface area contributed by atoms with Crippen LogP contribution in [0.25, 0.3) is 5.57 Å². The smallest absolute Gasteiger partial charge is 0.165 e. The van der Waals surface area contributed by atoms with Crippen LogP contribution in [-0.2, 0) is 72.4 Å². The molecule has 1 aliphatic carbocycles. The lowest BCUT2D eigenvalue weighted by Crippen LogP contribution is -2.51. The molecular formula is C122H186FN7O10S. The van der Waals surface area contributed by atoms with Crippen molar-refractivity contribution in [2.45, 2.75) is 376 Å². The van der Waals surface area contributed by atoms with Crippen molar-refractivity contribution in [1.82, 2.24) is 24.5 Å². The number of fused-ring (bicyclic) bond motifs is 3. The summed E-state index contributed by atoms with van der Waals surface area (Å²) in [5, 5.41) is 10.0. The number of hydrogen-bond donors (Lipinski definition) is 0. The van der Waals surface area contributed by atoms with Crippen molar-refractivity contribution in [2.75, 3.05) is 124 Å². The number of rotatable bonds is 12. The Balaban J connectivity index is 0.000000195. The van der Waals surface area contributed by atoms with Crippen LogP contribution in [0.5, 0.6) is 28.7 Å². The van der Waals surface area contributed by atoms with Gasteiger partial charge in [-0.15, -0.1) is 11.3 Å². The molecule has 6 aromatic carbocycles. The zero-order chi connectivity index (χ0) is 105. The molecule has 1 saturated carbocycles. The summed E-state index contributed by atoms with van der Waals surface area (Å²) in [5.41, 5.74) is 19.4. The summed E-state index contributed by atoms with van der Waals surface area (Å²) in [7, 11) is 9.27. The van der Waals surface area contributed by atoms with Crippen molar-refractivity contribution in [1.29, 1.82) is 0 Å². The van der Waals surface area contributed by atoms with Gasteiger partial charge in [0.1, 0.15) is 35.2 Å². The maximum absolute atomic E-state index is 13.9. The van der Waals surface area contributed by atoms with Crippen molar-refractivity contribution >= 4 is 28.3 Å². The van der Waals surface area contributed by atoms with Crippen LogP contribution in [0.1, 0.15) is 387 Å². The summed E-state index contributed by atoms with van der Waals surface area (Å²) in [6, 6.07) is 42.1. The van der Waals surface area contributed by atoms with Crippen LogP contribution in [0.2, 0.25) is 0 Å². The van der Waals surface area contributed by atoms with Crippen molar-refractivity contribution in [3.05, 3.63) is 229 Å². The molecule has 782 valence electrons. The SMILES string of the molecule is CC(C)(C)c1ccc(C2CCOCC2)cc1.CC(C)(C)c1ccc2c(c1)OCC1COCCN21.CC(C)(C)c1cnn(C2CCOCC2)c1.CC(C)c1ncc(C(C)(C)C)s1.CC(C)n1cc(C(C)(C)C)cn1.CC1(Oc2ccc(C(C)(C)C)cc2F)CCC1.COc1cc(C(C)(C)C)ccc1C1=CCOCC1.COc1cc(C(C)(C)C)ccc1C1CCOCC1.COc1cc(C(C)(C)C)ccc1N(C)C. The quantitative estimate of drug-likeness (QED) is 0.114. The van der Waals surface area contributed by atoms with Gasteiger partial charge in [0.15, 0.2) is 11.6 Å². The Morgan fingerprint density at radius 2 is 0.922 bits per heavy atom. The van der Waals surface area contributed by atoms with Gasteiger partial charge in [0.25, 0.3) is 0 Å². The van der Waals surface area contributed by atoms with E-state index in [-0.39, 0.29) is 60.2 Å². The molecule has 0 bridgehead atoms. The number of morpholine rings is 1. The van der Waals surface area contributed by atoms with Gasteiger partial charge in [-0.1, -0.05) is 274 Å². The van der Waals surface area contributed by atoms with Gasteiger partial charge in [0.05, 0.1) is 88.6 Å². The third kappa shape index (κ3) is 36.3. The highest BCUT2D eigenvalue weighted by Gasteiger charge is 2.36. The number of aromatic nitrogens is 5. The number of ether oxygens (including phenoxy) is 10. The molecule has 0 N–H and O–H groups in total. The lowest BCUT2D eigenvalue weighted by Gasteiger charge is -2.41. The van der Waals surface area contributed by atoms with E-state index in [4.69, 9.17) is 47.4 Å². The average Bonchev–Trinajstić information content (AvgIpc) is 1.48. The van der Waals surface area contributed by atoms with Gasteiger partial charge >= 0.3 is 0 Å². The number of methoxy groups -OCH3 is 3. The molecule has 16 rings (SSSR count). The molecule has 6 aliphatic heterocycles. The average molecular weight is 1960 g/mol. The molecule has 9 aromatic rings. The summed E-state index contributed by atoms with van der Waals surface area (Å²) in [6.07, 6.45) is 23.4. The molecular weight excluding hydrogens is 1770 g/mol. The standard InChI is InChI=1S/C16H24O2.C16H22O2.C15H21FO.C15H21NO2.C15H22O.C13H21NO.C12H20N2O.C10H18N2.C10H17NS/c2*1-16(2,3)13-5-6-14(15(11-13)17-4)12-7-9-18-10-8-12;1-14(2,3)11-6-7-13(12(16)10-11)17-15(4)8-5-9-15;1-15(2,3)11-4-5-13-14(8-11)18-10-12-9-17-7-6-16(12)13;1-15(2,3)14-6-4-12(5-7-14)13-8-10-16-11-9-13;1-13(2,3)10-7-8-11(14(4)5)12(9-10)15-6;1-12(2,3)10-8-13-14(9-10)11-4-6-15-7-5-11;1-8(2)12-7-9(6-11-12)10(3,4)5;1-7(2)9-11-6-8(12-9)10(3,4)5/h5-6,11-12H,7-10H2,1-4H3;5-7,11H,8-10H2,1-4H3;6-7,10H,5,8-9H2,1-4H3;4-5,8,12H,6-7,9-10H2,1-3H3;4-7,13H,8-11H2,1-3H3;7-9H,1-6H3;8-9,11H,4-7H2,1-3H3;6-8H,1-5H3;6-7H,1-5H3. The highest BCUT2D eigenvalue weighted by molar-refractivity contribution is 7.11. The molecule has 0 spiro atoms. The normalized spacial score (nSPS) is 17.1. The molecule has 5 fully saturated rings. The van der Waals surface area contributed by atoms with Gasteiger partial charge in [0, 0.05) is 101 Å². The van der Waals surface area contributed by atoms with Crippen molar-refractivity contribution in [3.8, 4) is 28.7 Å². The summed E-state index contributed by atoms with van der Waals surface area (Å²) in [4.78, 5) is 10.3. The minimum Gasteiger partial charge on any atom is -0.496 e. The van der Waals surface area contributed by atoms with Gasteiger partial charge in [-0.05, 0) is 255 Å². The van der Waals surface area contributed by atoms with E-state index < -0.39 is 0 Å². The number of anilines is 2. The third-order valence-electron chi connectivity index (χ3n) is 27.3. The van der Waals surface area contributed by atoms with E-state index in [0.717, 1.165) is 152 Å². The Bertz CT molecular complexity index is 5180. The fraction of sp³-hybridized carbons (Fsp3) is 0.615. The summed E-state index contributed by atoms with van der Waals surface area (Å²) in [6.45, 7) is 80.5. The molecule has 17 nitrogen and oxygen atoms in total. The second-order valence-corrected chi connectivity index (χ2v) is 50.5. The topological polar surface area (TPSA) is 147 Å². The molecule has 1 unspecified atom stereocenters. The minimum absolute atomic E-state index is 0.0280. The zero-order valence-corrected chi connectivity index (χ0v) is 95.3. The molecule has 141 heavy (non-hydrogen) atoms. The van der Waals surface area contributed by atoms with Gasteiger partial charge in [-0.25, -0.2) is 9.37 Å². The van der Waals surface area contributed by atoms with Gasteiger partial charge < -0.3 is 57.2 Å². The largest absolute Gasteiger partial charge is 0.496 e. The van der Waals surface area contributed by atoms with E-state index in [0.29, 0.717) is 48.2 Å². The highest BCUT2D eigenvalue weighted by Crippen LogP contribution is 2.44. The van der Waals surface area contributed by atoms with Crippen LogP contribution in [-0.4, -0.2) is 151 Å². The third-order valence-corrected chi connectivity index (χ3v) is 29.0. The lowest BCUT2D eigenvalue weighted by molar-refractivity contribution is 0.00790. The summed E-state index contributed by atoms with van der Waals surface area (Å²) in [5.74, 6) is 5.97. The second-order valence-electron chi connectivity index (χ2n) is 49.4. The molecule has 9 heterocycles. The first-order valence-electron chi connectivity index (χ1n) is 52.2.